The number of aromatic nitrogens is 4. The van der Waals surface area contributed by atoms with Crippen LogP contribution in [0, 0.1) is 0 Å². The molecule has 98 valence electrons. The molecule has 0 bridgehead atoms. The number of benzene rings is 1. The van der Waals surface area contributed by atoms with Crippen LogP contribution in [0.4, 0.5) is 0 Å². The molecule has 0 fully saturated rings. The van der Waals surface area contributed by atoms with E-state index < -0.39 is 0 Å². The average Bonchev–Trinajstić information content (AvgIpc) is 2.99. The lowest BCUT2D eigenvalue weighted by Crippen LogP contribution is -2.04. The number of nitrogens with two attached hydrogens (primary N) is 1. The van der Waals surface area contributed by atoms with Crippen LogP contribution in [-0.4, -0.2) is 26.4 Å². The molecule has 1 aromatic carbocycles. The molecule has 5 nitrogen and oxygen atoms in total. The zero-order chi connectivity index (χ0) is 13.2. The van der Waals surface area contributed by atoms with Crippen molar-refractivity contribution in [1.29, 1.82) is 0 Å². The van der Waals surface area contributed by atoms with Gasteiger partial charge in [-0.3, -0.25) is 0 Å². The molecule has 0 aliphatic heterocycles. The topological polar surface area (TPSA) is 69.1 Å². The third kappa shape index (κ3) is 2.24. The van der Waals surface area contributed by atoms with E-state index in [1.165, 1.54) is 0 Å². The fourth-order valence-corrected chi connectivity index (χ4v) is 2.90. The number of hydrogen-bond acceptors (Lipinski definition) is 5. The van der Waals surface area contributed by atoms with Crippen LogP contribution in [0.1, 0.15) is 24.3 Å². The van der Waals surface area contributed by atoms with E-state index in [4.69, 9.17) is 5.73 Å². The molecule has 2 aromatic heterocycles. The Hall–Kier alpha value is -1.79. The van der Waals surface area contributed by atoms with Gasteiger partial charge in [-0.2, -0.15) is 9.61 Å². The summed E-state index contributed by atoms with van der Waals surface area (Å²) < 4.78 is 1.82. The largest absolute Gasteiger partial charge is 0.330 e. The lowest BCUT2D eigenvalue weighted by Gasteiger charge is -2.03. The molecule has 0 amide bonds. The fraction of sp³-hybridized carbons (Fsp3) is 0.308. The van der Waals surface area contributed by atoms with Crippen LogP contribution in [0.2, 0.25) is 0 Å². The van der Waals surface area contributed by atoms with Gasteiger partial charge in [0.25, 0.3) is 0 Å². The average molecular weight is 273 g/mol. The summed E-state index contributed by atoms with van der Waals surface area (Å²) in [6, 6.07) is 9.98. The Balaban J connectivity index is 2.03. The van der Waals surface area contributed by atoms with E-state index in [9.17, 15) is 0 Å². The second-order valence-corrected chi connectivity index (χ2v) is 5.49. The van der Waals surface area contributed by atoms with Crippen molar-refractivity contribution in [3.63, 3.8) is 0 Å². The van der Waals surface area contributed by atoms with Gasteiger partial charge in [-0.15, -0.1) is 10.2 Å². The van der Waals surface area contributed by atoms with Crippen molar-refractivity contribution in [3.8, 4) is 11.4 Å². The summed E-state index contributed by atoms with van der Waals surface area (Å²) in [6.07, 6.45) is 0.935. The second-order valence-electron chi connectivity index (χ2n) is 4.50. The van der Waals surface area contributed by atoms with Crippen LogP contribution in [0.3, 0.4) is 0 Å². The van der Waals surface area contributed by atoms with Crippen molar-refractivity contribution in [1.82, 2.24) is 19.8 Å². The zero-order valence-electron chi connectivity index (χ0n) is 10.7. The van der Waals surface area contributed by atoms with Crippen molar-refractivity contribution in [2.45, 2.75) is 19.3 Å². The molecule has 3 rings (SSSR count). The molecule has 2 N–H and O–H groups in total. The van der Waals surface area contributed by atoms with Crippen LogP contribution in [0.25, 0.3) is 16.3 Å². The molecular weight excluding hydrogens is 258 g/mol. The first-order chi connectivity index (χ1) is 9.29. The highest BCUT2D eigenvalue weighted by Crippen LogP contribution is 2.26. The van der Waals surface area contributed by atoms with E-state index in [1.807, 2.05) is 34.8 Å². The van der Waals surface area contributed by atoms with Gasteiger partial charge in [-0.1, -0.05) is 48.6 Å². The minimum Gasteiger partial charge on any atom is -0.330 e. The van der Waals surface area contributed by atoms with E-state index in [-0.39, 0.29) is 0 Å². The van der Waals surface area contributed by atoms with Crippen LogP contribution in [-0.2, 0) is 0 Å². The van der Waals surface area contributed by atoms with Gasteiger partial charge in [0.1, 0.15) is 5.01 Å². The molecule has 0 spiro atoms. The summed E-state index contributed by atoms with van der Waals surface area (Å²) in [4.78, 5) is 0.831. The van der Waals surface area contributed by atoms with Crippen LogP contribution in [0.15, 0.2) is 30.3 Å². The molecule has 0 saturated carbocycles. The van der Waals surface area contributed by atoms with Crippen LogP contribution < -0.4 is 5.73 Å². The highest BCUT2D eigenvalue weighted by Gasteiger charge is 2.16. The Bertz CT molecular complexity index is 673. The Morgan fingerprint density at radius 1 is 1.26 bits per heavy atom. The molecule has 0 aliphatic rings. The van der Waals surface area contributed by atoms with Gasteiger partial charge >= 0.3 is 0 Å². The Labute approximate surface area is 115 Å². The molecule has 3 aromatic rings. The molecule has 2 heterocycles. The van der Waals surface area contributed by atoms with Crippen LogP contribution in [0.5, 0.6) is 0 Å². The maximum atomic E-state index is 5.60. The van der Waals surface area contributed by atoms with E-state index >= 15 is 0 Å². The summed E-state index contributed by atoms with van der Waals surface area (Å²) in [5.41, 5.74) is 6.63. The van der Waals surface area contributed by atoms with Crippen molar-refractivity contribution >= 4 is 16.3 Å². The van der Waals surface area contributed by atoms with Gasteiger partial charge in [-0.05, 0) is 13.0 Å². The number of hydrogen-bond donors (Lipinski definition) is 1. The Kier molecular flexibility index (Phi) is 3.27. The molecule has 0 aliphatic carbocycles. The third-order valence-electron chi connectivity index (χ3n) is 3.06. The lowest BCUT2D eigenvalue weighted by molar-refractivity contribution is 0.671. The second kappa shape index (κ2) is 5.07. The summed E-state index contributed by atoms with van der Waals surface area (Å²) in [5, 5.41) is 14.1. The van der Waals surface area contributed by atoms with Gasteiger partial charge < -0.3 is 5.73 Å². The molecule has 0 radical (unpaired) electrons. The molecule has 1 atom stereocenters. The first-order valence-electron chi connectivity index (χ1n) is 6.27. The normalized spacial score (nSPS) is 12.9. The van der Waals surface area contributed by atoms with Crippen molar-refractivity contribution < 1.29 is 0 Å². The third-order valence-corrected chi connectivity index (χ3v) is 4.19. The Morgan fingerprint density at radius 3 is 2.79 bits per heavy atom. The van der Waals surface area contributed by atoms with Gasteiger partial charge in [0, 0.05) is 11.5 Å². The van der Waals surface area contributed by atoms with Crippen LogP contribution >= 0.6 is 11.3 Å². The minimum absolute atomic E-state index is 0.361. The van der Waals surface area contributed by atoms with Gasteiger partial charge in [0.05, 0.1) is 0 Å². The van der Waals surface area contributed by atoms with Crippen molar-refractivity contribution in [2.75, 3.05) is 6.54 Å². The quantitative estimate of drug-likeness (QED) is 0.792. The summed E-state index contributed by atoms with van der Waals surface area (Å²) >= 11 is 1.58. The summed E-state index contributed by atoms with van der Waals surface area (Å²) in [6.45, 7) is 2.81. The first kappa shape index (κ1) is 12.3. The van der Waals surface area contributed by atoms with Gasteiger partial charge in [0.2, 0.25) is 4.96 Å². The first-order valence-corrected chi connectivity index (χ1v) is 7.09. The van der Waals surface area contributed by atoms with Crippen molar-refractivity contribution in [3.05, 3.63) is 35.3 Å². The standard InChI is InChI=1S/C13H15N5S/c1-9(7-8-14)12-17-18-11(15-16-13(18)19-12)10-5-3-2-4-6-10/h2-6,9H,7-8,14H2,1H3. The van der Waals surface area contributed by atoms with E-state index in [0.717, 1.165) is 27.8 Å². The number of nitrogens with zero attached hydrogens (tertiary/aromatic N) is 4. The molecular formula is C13H15N5S. The summed E-state index contributed by atoms with van der Waals surface area (Å²) in [5.74, 6) is 1.15. The summed E-state index contributed by atoms with van der Waals surface area (Å²) in [7, 11) is 0. The highest BCUT2D eigenvalue weighted by molar-refractivity contribution is 7.16. The highest BCUT2D eigenvalue weighted by atomic mass is 32.1. The number of rotatable bonds is 4. The molecule has 0 saturated heterocycles. The van der Waals surface area contributed by atoms with E-state index in [1.54, 1.807) is 11.3 Å². The molecule has 6 heteroatoms. The predicted molar refractivity (Wildman–Crippen MR) is 76.2 cm³/mol. The maximum absolute atomic E-state index is 5.60. The smallest absolute Gasteiger partial charge is 0.234 e. The minimum atomic E-state index is 0.361. The Morgan fingerprint density at radius 2 is 2.05 bits per heavy atom. The zero-order valence-corrected chi connectivity index (χ0v) is 11.5. The monoisotopic (exact) mass is 273 g/mol. The maximum Gasteiger partial charge on any atom is 0.234 e. The molecule has 1 unspecified atom stereocenters. The van der Waals surface area contributed by atoms with E-state index in [0.29, 0.717) is 12.5 Å². The van der Waals surface area contributed by atoms with Crippen molar-refractivity contribution in [2.24, 2.45) is 5.73 Å². The SMILES string of the molecule is CC(CCN)c1nn2c(-c3ccccc3)nnc2s1. The lowest BCUT2D eigenvalue weighted by atomic mass is 10.1. The number of fused-ring (bicyclic) bond motifs is 1. The van der Waals surface area contributed by atoms with Gasteiger partial charge in [-0.25, -0.2) is 0 Å². The molecule has 19 heavy (non-hydrogen) atoms. The van der Waals surface area contributed by atoms with E-state index in [2.05, 4.69) is 22.2 Å². The fourth-order valence-electron chi connectivity index (χ4n) is 1.97. The predicted octanol–water partition coefficient (Wildman–Crippen LogP) is 2.31. The van der Waals surface area contributed by atoms with Gasteiger partial charge in [0.15, 0.2) is 5.82 Å².